The molecule has 0 saturated carbocycles. The molecular weight excluding hydrogens is 373 g/mol. The number of amides is 1. The fourth-order valence-corrected chi connectivity index (χ4v) is 4.13. The van der Waals surface area contributed by atoms with Crippen molar-refractivity contribution < 1.29 is 18.0 Å². The van der Waals surface area contributed by atoms with Crippen LogP contribution in [-0.2, 0) is 11.0 Å². The molecule has 28 heavy (non-hydrogen) atoms. The second-order valence-electron chi connectivity index (χ2n) is 7.78. The number of halogens is 3. The minimum absolute atomic E-state index is 0.0223. The molecule has 4 rings (SSSR count). The molecular formula is C18H23F3N6O. The maximum absolute atomic E-state index is 13.1. The normalized spacial score (nSPS) is 22.1. The molecule has 0 N–H and O–H groups in total. The van der Waals surface area contributed by atoms with E-state index in [2.05, 4.69) is 22.2 Å². The first-order valence-corrected chi connectivity index (χ1v) is 9.66. The largest absolute Gasteiger partial charge is 0.453 e. The molecule has 10 heteroatoms. The van der Waals surface area contributed by atoms with Gasteiger partial charge in [0, 0.05) is 32.1 Å². The van der Waals surface area contributed by atoms with Crippen LogP contribution in [0, 0.1) is 11.8 Å². The predicted molar refractivity (Wildman–Crippen MR) is 95.7 cm³/mol. The summed E-state index contributed by atoms with van der Waals surface area (Å²) in [6, 6.07) is 3.13. The van der Waals surface area contributed by atoms with Crippen molar-refractivity contribution in [2.75, 3.05) is 31.1 Å². The van der Waals surface area contributed by atoms with Gasteiger partial charge in [-0.05, 0) is 43.7 Å². The number of alkyl halides is 3. The van der Waals surface area contributed by atoms with Crippen molar-refractivity contribution in [2.45, 2.75) is 38.8 Å². The highest BCUT2D eigenvalue weighted by molar-refractivity contribution is 5.79. The summed E-state index contributed by atoms with van der Waals surface area (Å²) >= 11 is 0. The van der Waals surface area contributed by atoms with E-state index in [1.165, 1.54) is 12.5 Å². The van der Waals surface area contributed by atoms with Crippen molar-refractivity contribution in [3.63, 3.8) is 0 Å². The van der Waals surface area contributed by atoms with E-state index in [9.17, 15) is 18.0 Å². The first-order chi connectivity index (χ1) is 13.3. The summed E-state index contributed by atoms with van der Waals surface area (Å²) < 4.78 is 39.9. The van der Waals surface area contributed by atoms with E-state index < -0.39 is 12.0 Å². The van der Waals surface area contributed by atoms with Crippen molar-refractivity contribution in [3.05, 3.63) is 18.0 Å². The lowest BCUT2D eigenvalue weighted by molar-refractivity contribution is -0.146. The van der Waals surface area contributed by atoms with Crippen LogP contribution in [0.25, 0.3) is 5.65 Å². The Morgan fingerprint density at radius 3 is 2.54 bits per heavy atom. The smallest absolute Gasteiger partial charge is 0.355 e. The van der Waals surface area contributed by atoms with Gasteiger partial charge in [-0.3, -0.25) is 4.79 Å². The summed E-state index contributed by atoms with van der Waals surface area (Å²) in [4.78, 5) is 16.7. The average Bonchev–Trinajstić information content (AvgIpc) is 3.11. The van der Waals surface area contributed by atoms with Crippen molar-refractivity contribution in [1.82, 2.24) is 24.7 Å². The highest BCUT2D eigenvalue weighted by atomic mass is 19.4. The van der Waals surface area contributed by atoms with Gasteiger partial charge in [0.2, 0.25) is 5.91 Å². The summed E-state index contributed by atoms with van der Waals surface area (Å²) in [5.74, 6) is 0.0444. The van der Waals surface area contributed by atoms with E-state index in [4.69, 9.17) is 0 Å². The number of fused-ring (bicyclic) bond motifs is 1. The Morgan fingerprint density at radius 2 is 1.86 bits per heavy atom. The lowest BCUT2D eigenvalue weighted by Gasteiger charge is -2.37. The number of rotatable bonds is 2. The topological polar surface area (TPSA) is 66.6 Å². The molecule has 7 nitrogen and oxygen atoms in total. The maximum Gasteiger partial charge on any atom is 0.453 e. The Kier molecular flexibility index (Phi) is 4.88. The van der Waals surface area contributed by atoms with Gasteiger partial charge < -0.3 is 9.80 Å². The molecule has 0 spiro atoms. The van der Waals surface area contributed by atoms with Gasteiger partial charge in [0.15, 0.2) is 5.65 Å². The van der Waals surface area contributed by atoms with Crippen LogP contribution in [0.5, 0.6) is 0 Å². The van der Waals surface area contributed by atoms with E-state index >= 15 is 0 Å². The van der Waals surface area contributed by atoms with Crippen LogP contribution < -0.4 is 4.90 Å². The number of hydrogen-bond acceptors (Lipinski definition) is 5. The van der Waals surface area contributed by atoms with Gasteiger partial charge in [0.25, 0.3) is 5.82 Å². The minimum atomic E-state index is -4.62. The standard InChI is InChI=1S/C18H23F3N6O/c1-12-3-2-8-26(11-12)16(28)13-6-9-25(10-7-13)15-5-4-14-22-23-17(18(19,20)21)27(14)24-15/h4-5,12-13H,2-3,6-11H2,1H3. The van der Waals surface area contributed by atoms with Gasteiger partial charge in [-0.15, -0.1) is 15.3 Å². The quantitative estimate of drug-likeness (QED) is 0.781. The van der Waals surface area contributed by atoms with Crippen molar-refractivity contribution in [2.24, 2.45) is 11.8 Å². The molecule has 2 aromatic rings. The van der Waals surface area contributed by atoms with E-state index in [1.807, 2.05) is 9.80 Å². The molecule has 2 aliphatic heterocycles. The zero-order valence-electron chi connectivity index (χ0n) is 15.7. The number of carbonyl (C=O) groups excluding carboxylic acids is 1. The van der Waals surface area contributed by atoms with Crippen LogP contribution in [-0.4, -0.2) is 56.8 Å². The first-order valence-electron chi connectivity index (χ1n) is 9.66. The zero-order chi connectivity index (χ0) is 19.9. The van der Waals surface area contributed by atoms with Gasteiger partial charge in [-0.2, -0.15) is 17.7 Å². The zero-order valence-corrected chi connectivity index (χ0v) is 15.7. The van der Waals surface area contributed by atoms with Crippen LogP contribution in [0.15, 0.2) is 12.1 Å². The first kappa shape index (κ1) is 18.9. The Hall–Kier alpha value is -2.39. The number of aromatic nitrogens is 4. The Balaban J connectivity index is 1.44. The molecule has 152 valence electrons. The fourth-order valence-electron chi connectivity index (χ4n) is 4.13. The van der Waals surface area contributed by atoms with Crippen molar-refractivity contribution in [1.29, 1.82) is 0 Å². The monoisotopic (exact) mass is 396 g/mol. The van der Waals surface area contributed by atoms with Crippen LogP contribution >= 0.6 is 0 Å². The molecule has 1 amide bonds. The lowest BCUT2D eigenvalue weighted by atomic mass is 9.93. The molecule has 1 unspecified atom stereocenters. The Labute approximate surface area is 160 Å². The van der Waals surface area contributed by atoms with Crippen LogP contribution in [0.4, 0.5) is 19.0 Å². The molecule has 0 aromatic carbocycles. The lowest BCUT2D eigenvalue weighted by Crippen LogP contribution is -2.46. The number of likely N-dealkylation sites (tertiary alicyclic amines) is 1. The SMILES string of the molecule is CC1CCCN(C(=O)C2CCN(c3ccc4nnc(C(F)(F)F)n4n3)CC2)C1. The minimum Gasteiger partial charge on any atom is -0.355 e. The number of hydrogen-bond donors (Lipinski definition) is 0. The van der Waals surface area contributed by atoms with Crippen molar-refractivity contribution in [3.8, 4) is 0 Å². The van der Waals surface area contributed by atoms with E-state index in [1.54, 1.807) is 6.07 Å². The molecule has 2 aliphatic rings. The van der Waals surface area contributed by atoms with Gasteiger partial charge in [-0.25, -0.2) is 0 Å². The second-order valence-corrected chi connectivity index (χ2v) is 7.78. The van der Waals surface area contributed by atoms with Gasteiger partial charge in [0.05, 0.1) is 0 Å². The summed E-state index contributed by atoms with van der Waals surface area (Å²) in [5.41, 5.74) is 0.0559. The molecule has 0 radical (unpaired) electrons. The molecule has 0 aliphatic carbocycles. The van der Waals surface area contributed by atoms with E-state index in [0.717, 1.165) is 24.0 Å². The van der Waals surface area contributed by atoms with Crippen LogP contribution in [0.1, 0.15) is 38.4 Å². The molecule has 2 fully saturated rings. The third-order valence-corrected chi connectivity index (χ3v) is 5.64. The summed E-state index contributed by atoms with van der Waals surface area (Å²) in [5, 5.41) is 10.8. The predicted octanol–water partition coefficient (Wildman–Crippen LogP) is 2.62. The molecule has 0 bridgehead atoms. The Bertz CT molecular complexity index is 859. The molecule has 1 atom stereocenters. The van der Waals surface area contributed by atoms with Crippen LogP contribution in [0.3, 0.4) is 0 Å². The molecule has 4 heterocycles. The Morgan fingerprint density at radius 1 is 1.11 bits per heavy atom. The number of nitrogens with zero attached hydrogens (tertiary/aromatic N) is 6. The summed E-state index contributed by atoms with van der Waals surface area (Å²) in [6.07, 6.45) is -1.04. The van der Waals surface area contributed by atoms with E-state index in [0.29, 0.717) is 37.7 Å². The summed E-state index contributed by atoms with van der Waals surface area (Å²) in [6.45, 7) is 4.99. The highest BCUT2D eigenvalue weighted by Crippen LogP contribution is 2.29. The van der Waals surface area contributed by atoms with Gasteiger partial charge in [-0.1, -0.05) is 6.92 Å². The average molecular weight is 396 g/mol. The van der Waals surface area contributed by atoms with Crippen molar-refractivity contribution >= 4 is 17.4 Å². The third-order valence-electron chi connectivity index (χ3n) is 5.64. The van der Waals surface area contributed by atoms with E-state index in [-0.39, 0.29) is 17.5 Å². The number of piperidine rings is 2. The molecule has 2 saturated heterocycles. The number of anilines is 1. The molecule has 2 aromatic heterocycles. The maximum atomic E-state index is 13.1. The van der Waals surface area contributed by atoms with Gasteiger partial charge >= 0.3 is 6.18 Å². The number of carbonyl (C=O) groups is 1. The third kappa shape index (κ3) is 3.64. The summed E-state index contributed by atoms with van der Waals surface area (Å²) in [7, 11) is 0. The van der Waals surface area contributed by atoms with Crippen LogP contribution in [0.2, 0.25) is 0 Å². The van der Waals surface area contributed by atoms with Gasteiger partial charge in [0.1, 0.15) is 5.82 Å². The second kappa shape index (κ2) is 7.21. The highest BCUT2D eigenvalue weighted by Gasteiger charge is 2.38. The fraction of sp³-hybridized carbons (Fsp3) is 0.667.